The van der Waals surface area contributed by atoms with Gasteiger partial charge in [0.1, 0.15) is 5.58 Å². The van der Waals surface area contributed by atoms with Gasteiger partial charge < -0.3 is 14.8 Å². The molecule has 0 saturated carbocycles. The second-order valence-electron chi connectivity index (χ2n) is 6.73. The normalized spacial score (nSPS) is 10.9. The first-order valence-corrected chi connectivity index (χ1v) is 9.65. The van der Waals surface area contributed by atoms with Gasteiger partial charge in [-0.3, -0.25) is 4.79 Å². The summed E-state index contributed by atoms with van der Waals surface area (Å²) in [6.45, 7) is 0.850. The fraction of sp³-hybridized carbons (Fsp3) is 0.524. The number of rotatable bonds is 13. The summed E-state index contributed by atoms with van der Waals surface area (Å²) in [7, 11) is 0. The van der Waals surface area contributed by atoms with Gasteiger partial charge in [0.05, 0.1) is 5.69 Å². The maximum atomic E-state index is 11.6. The zero-order valence-corrected chi connectivity index (χ0v) is 15.3. The third-order valence-electron chi connectivity index (χ3n) is 4.53. The number of hydrogen-bond acceptors (Lipinski definition) is 4. The Morgan fingerprint density at radius 2 is 1.54 bits per heavy atom. The molecule has 1 aromatic carbocycles. The first-order chi connectivity index (χ1) is 12.7. The molecule has 0 aliphatic carbocycles. The molecule has 0 fully saturated rings. The van der Waals surface area contributed by atoms with Crippen LogP contribution in [0.3, 0.4) is 0 Å². The second-order valence-corrected chi connectivity index (χ2v) is 6.73. The Balaban J connectivity index is 1.54. The number of aliphatic carboxylic acids is 1. The Hall–Kier alpha value is -2.30. The molecule has 0 unspecified atom stereocenters. The molecule has 142 valence electrons. The number of para-hydroxylation sites is 1. The van der Waals surface area contributed by atoms with Gasteiger partial charge in [0, 0.05) is 24.4 Å². The smallest absolute Gasteiger partial charge is 0.338 e. The molecule has 1 heterocycles. The SMILES string of the molecule is O=C(O)CCCCCCCCCCCNc1cc(=O)oc2ccccc12. The van der Waals surface area contributed by atoms with Gasteiger partial charge in [-0.2, -0.15) is 0 Å². The molecule has 0 bridgehead atoms. The van der Waals surface area contributed by atoms with E-state index in [1.165, 1.54) is 38.2 Å². The Kier molecular flexibility index (Phi) is 8.73. The van der Waals surface area contributed by atoms with Gasteiger partial charge >= 0.3 is 11.6 Å². The minimum atomic E-state index is -0.692. The lowest BCUT2D eigenvalue weighted by Gasteiger charge is -2.08. The van der Waals surface area contributed by atoms with Gasteiger partial charge in [-0.25, -0.2) is 4.79 Å². The van der Waals surface area contributed by atoms with Crippen molar-refractivity contribution in [3.05, 3.63) is 40.8 Å². The van der Waals surface area contributed by atoms with Gasteiger partial charge in [0.2, 0.25) is 0 Å². The first kappa shape index (κ1) is 20.0. The van der Waals surface area contributed by atoms with Crippen LogP contribution < -0.4 is 10.9 Å². The van der Waals surface area contributed by atoms with Crippen LogP contribution in [-0.4, -0.2) is 17.6 Å². The maximum absolute atomic E-state index is 11.6. The van der Waals surface area contributed by atoms with Crippen molar-refractivity contribution in [2.24, 2.45) is 0 Å². The zero-order chi connectivity index (χ0) is 18.6. The van der Waals surface area contributed by atoms with Crippen LogP contribution in [0.25, 0.3) is 11.0 Å². The largest absolute Gasteiger partial charge is 0.481 e. The second kappa shape index (κ2) is 11.3. The van der Waals surface area contributed by atoms with Gasteiger partial charge in [-0.15, -0.1) is 0 Å². The van der Waals surface area contributed by atoms with Crippen LogP contribution in [0.1, 0.15) is 64.2 Å². The number of benzene rings is 1. The highest BCUT2D eigenvalue weighted by Crippen LogP contribution is 2.21. The van der Waals surface area contributed by atoms with E-state index in [0.717, 1.165) is 43.3 Å². The molecule has 0 atom stereocenters. The number of carboxylic acids is 1. The zero-order valence-electron chi connectivity index (χ0n) is 15.3. The molecule has 0 amide bonds. The quantitative estimate of drug-likeness (QED) is 0.380. The number of nitrogens with one attached hydrogen (secondary N) is 1. The molecule has 26 heavy (non-hydrogen) atoms. The molecule has 2 aromatic rings. The third-order valence-corrected chi connectivity index (χ3v) is 4.53. The van der Waals surface area contributed by atoms with Gasteiger partial charge in [0.15, 0.2) is 0 Å². The Bertz CT molecular complexity index is 738. The van der Waals surface area contributed by atoms with Crippen LogP contribution in [0, 0.1) is 0 Å². The van der Waals surface area contributed by atoms with Crippen molar-refractivity contribution in [1.29, 1.82) is 0 Å². The average Bonchev–Trinajstić information content (AvgIpc) is 2.62. The standard InChI is InChI=1S/C21H29NO4/c23-20(24)14-8-6-4-2-1-3-5-7-11-15-22-18-16-21(25)26-19-13-10-9-12-17(18)19/h9-10,12-13,16,22H,1-8,11,14-15H2,(H,23,24). The van der Waals surface area contributed by atoms with Crippen LogP contribution in [0.15, 0.2) is 39.5 Å². The van der Waals surface area contributed by atoms with E-state index in [4.69, 9.17) is 9.52 Å². The van der Waals surface area contributed by atoms with Crippen LogP contribution >= 0.6 is 0 Å². The molecule has 0 radical (unpaired) electrons. The van der Waals surface area contributed by atoms with Crippen molar-refractivity contribution in [3.8, 4) is 0 Å². The van der Waals surface area contributed by atoms with E-state index in [-0.39, 0.29) is 5.63 Å². The number of hydrogen-bond donors (Lipinski definition) is 2. The molecule has 0 aliphatic rings. The van der Waals surface area contributed by atoms with E-state index >= 15 is 0 Å². The van der Waals surface area contributed by atoms with Crippen molar-refractivity contribution >= 4 is 22.6 Å². The van der Waals surface area contributed by atoms with Crippen molar-refractivity contribution in [3.63, 3.8) is 0 Å². The summed E-state index contributed by atoms with van der Waals surface area (Å²) in [5, 5.41) is 12.9. The summed E-state index contributed by atoms with van der Waals surface area (Å²) in [4.78, 5) is 22.0. The van der Waals surface area contributed by atoms with E-state index < -0.39 is 5.97 Å². The fourth-order valence-corrected chi connectivity index (χ4v) is 3.12. The molecule has 5 nitrogen and oxygen atoms in total. The van der Waals surface area contributed by atoms with Crippen LogP contribution in [0.5, 0.6) is 0 Å². The number of anilines is 1. The first-order valence-electron chi connectivity index (χ1n) is 9.65. The lowest BCUT2D eigenvalue weighted by molar-refractivity contribution is -0.137. The summed E-state index contributed by atoms with van der Waals surface area (Å²) in [5.41, 5.74) is 1.14. The Labute approximate surface area is 154 Å². The average molecular weight is 359 g/mol. The van der Waals surface area contributed by atoms with Crippen molar-refractivity contribution < 1.29 is 14.3 Å². The van der Waals surface area contributed by atoms with Gasteiger partial charge in [0.25, 0.3) is 0 Å². The molecule has 0 saturated heterocycles. The Morgan fingerprint density at radius 3 is 2.23 bits per heavy atom. The van der Waals surface area contributed by atoms with E-state index in [1.807, 2.05) is 24.3 Å². The molecule has 0 spiro atoms. The van der Waals surface area contributed by atoms with Crippen molar-refractivity contribution in [2.75, 3.05) is 11.9 Å². The van der Waals surface area contributed by atoms with E-state index in [9.17, 15) is 9.59 Å². The highest BCUT2D eigenvalue weighted by Gasteiger charge is 2.04. The molecule has 2 N–H and O–H groups in total. The van der Waals surface area contributed by atoms with Crippen molar-refractivity contribution in [1.82, 2.24) is 0 Å². The predicted octanol–water partition coefficient (Wildman–Crippen LogP) is 5.19. The minimum Gasteiger partial charge on any atom is -0.481 e. The summed E-state index contributed by atoms with van der Waals surface area (Å²) in [5.74, 6) is -0.692. The van der Waals surface area contributed by atoms with Crippen LogP contribution in [-0.2, 0) is 4.79 Å². The van der Waals surface area contributed by atoms with E-state index in [1.54, 1.807) is 0 Å². The van der Waals surface area contributed by atoms with Crippen molar-refractivity contribution in [2.45, 2.75) is 64.2 Å². The van der Waals surface area contributed by atoms with Crippen LogP contribution in [0.4, 0.5) is 5.69 Å². The van der Waals surface area contributed by atoms with Crippen LogP contribution in [0.2, 0.25) is 0 Å². The molecule has 2 rings (SSSR count). The molecular formula is C21H29NO4. The summed E-state index contributed by atoms with van der Waals surface area (Å²) in [6.07, 6.45) is 10.4. The summed E-state index contributed by atoms with van der Waals surface area (Å²) in [6, 6.07) is 9.09. The number of unbranched alkanes of at least 4 members (excludes halogenated alkanes) is 8. The lowest BCUT2D eigenvalue weighted by atomic mass is 10.1. The van der Waals surface area contributed by atoms with E-state index in [2.05, 4.69) is 5.32 Å². The number of carbonyl (C=O) groups is 1. The molecule has 0 aliphatic heterocycles. The summed E-state index contributed by atoms with van der Waals surface area (Å²) < 4.78 is 5.20. The predicted molar refractivity (Wildman–Crippen MR) is 105 cm³/mol. The molecule has 5 heteroatoms. The van der Waals surface area contributed by atoms with Gasteiger partial charge in [-0.05, 0) is 25.0 Å². The third kappa shape index (κ3) is 7.30. The fourth-order valence-electron chi connectivity index (χ4n) is 3.12. The maximum Gasteiger partial charge on any atom is 0.338 e. The minimum absolute atomic E-state index is 0.297. The molecular weight excluding hydrogens is 330 g/mol. The monoisotopic (exact) mass is 359 g/mol. The number of fused-ring (bicyclic) bond motifs is 1. The van der Waals surface area contributed by atoms with Gasteiger partial charge in [-0.1, -0.05) is 57.1 Å². The highest BCUT2D eigenvalue weighted by atomic mass is 16.4. The lowest BCUT2D eigenvalue weighted by Crippen LogP contribution is -2.06. The Morgan fingerprint density at radius 1 is 0.923 bits per heavy atom. The summed E-state index contributed by atoms with van der Waals surface area (Å²) >= 11 is 0. The highest BCUT2D eigenvalue weighted by molar-refractivity contribution is 5.89. The topological polar surface area (TPSA) is 79.5 Å². The van der Waals surface area contributed by atoms with E-state index in [0.29, 0.717) is 12.0 Å². The molecule has 1 aromatic heterocycles. The number of carboxylic acid groups (broad SMARTS) is 1.